The van der Waals surface area contributed by atoms with E-state index in [1.165, 1.54) is 25.7 Å². The van der Waals surface area contributed by atoms with Gasteiger partial charge in [-0.2, -0.15) is 0 Å². The number of rotatable bonds is 39. The summed E-state index contributed by atoms with van der Waals surface area (Å²) >= 11 is 0. The molecule has 0 saturated carbocycles. The molecule has 0 radical (unpaired) electrons. The van der Waals surface area contributed by atoms with E-state index in [2.05, 4.69) is 141 Å². The summed E-state index contributed by atoms with van der Waals surface area (Å²) in [4.78, 5) is 25.2. The van der Waals surface area contributed by atoms with Crippen molar-refractivity contribution < 1.29 is 32.9 Å². The number of aliphatic hydroxyl groups excluding tert-OH is 1. The number of amides is 1. The number of phosphoric acid groups is 1. The lowest BCUT2D eigenvalue weighted by Crippen LogP contribution is -2.45. The van der Waals surface area contributed by atoms with Crippen LogP contribution in [0.2, 0.25) is 0 Å². The van der Waals surface area contributed by atoms with Crippen LogP contribution in [0.1, 0.15) is 136 Å². The van der Waals surface area contributed by atoms with Gasteiger partial charge in [-0.05, 0) is 96.3 Å². The van der Waals surface area contributed by atoms with E-state index in [0.29, 0.717) is 17.4 Å². The molecule has 0 aromatic carbocycles. The van der Waals surface area contributed by atoms with Crippen LogP contribution < -0.4 is 10.2 Å². The first-order valence-electron chi connectivity index (χ1n) is 23.0. The first-order chi connectivity index (χ1) is 29.5. The van der Waals surface area contributed by atoms with Crippen LogP contribution in [0.15, 0.2) is 134 Å². The van der Waals surface area contributed by atoms with Crippen LogP contribution in [0.25, 0.3) is 0 Å². The molecular weight excluding hydrogens is 780 g/mol. The molecule has 3 atom stereocenters. The largest absolute Gasteiger partial charge is 0.756 e. The predicted octanol–water partition coefficient (Wildman–Crippen LogP) is 12.6. The van der Waals surface area contributed by atoms with Gasteiger partial charge >= 0.3 is 0 Å². The van der Waals surface area contributed by atoms with Crippen LogP contribution in [0.4, 0.5) is 0 Å². The minimum Gasteiger partial charge on any atom is -0.756 e. The summed E-state index contributed by atoms with van der Waals surface area (Å²) in [5.41, 5.74) is 0. The Morgan fingerprint density at radius 1 is 0.590 bits per heavy atom. The van der Waals surface area contributed by atoms with Crippen LogP contribution in [-0.4, -0.2) is 68.5 Å². The first kappa shape index (κ1) is 57.6. The molecule has 0 fully saturated rings. The van der Waals surface area contributed by atoms with E-state index in [0.717, 1.165) is 83.5 Å². The Kier molecular flexibility index (Phi) is 39.7. The third kappa shape index (κ3) is 44.5. The molecule has 1 amide bonds. The molecule has 344 valence electrons. The molecule has 2 N–H and O–H groups in total. The Hall–Kier alpha value is -3.36. The number of allylic oxidation sites excluding steroid dienone is 21. The van der Waals surface area contributed by atoms with E-state index in [4.69, 9.17) is 9.05 Å². The average Bonchev–Trinajstić information content (AvgIpc) is 3.21. The zero-order valence-corrected chi connectivity index (χ0v) is 39.7. The number of likely N-dealkylation sites (N-methyl/N-ethyl adjacent to an activating group) is 1. The maximum atomic E-state index is 12.8. The van der Waals surface area contributed by atoms with E-state index in [-0.39, 0.29) is 18.9 Å². The lowest BCUT2D eigenvalue weighted by Gasteiger charge is -2.29. The van der Waals surface area contributed by atoms with Crippen LogP contribution >= 0.6 is 7.82 Å². The SMILES string of the molecule is CC/C=C\C/C=C\C/C=C\C/C=C\C/C=C\C/C=C\C/C=C\C/C=C\C/C=C\CCCC(=O)NC(COP(=O)([O-])OCC[N+](C)(C)C)C(O)/C=C/CC/C=C/CCCCCC. The summed E-state index contributed by atoms with van der Waals surface area (Å²) in [6, 6.07) is -0.942. The molecule has 0 aliphatic heterocycles. The third-order valence-electron chi connectivity index (χ3n) is 9.09. The van der Waals surface area contributed by atoms with Crippen molar-refractivity contribution >= 4 is 13.7 Å². The van der Waals surface area contributed by atoms with Gasteiger partial charge < -0.3 is 28.8 Å². The average molecular weight is 865 g/mol. The Balaban J connectivity index is 4.43. The summed E-state index contributed by atoms with van der Waals surface area (Å²) in [7, 11) is 1.18. The molecule has 8 nitrogen and oxygen atoms in total. The van der Waals surface area contributed by atoms with E-state index in [1.807, 2.05) is 27.2 Å². The molecule has 0 aliphatic rings. The number of quaternary nitrogens is 1. The molecule has 0 rings (SSSR count). The zero-order chi connectivity index (χ0) is 45.0. The van der Waals surface area contributed by atoms with Crippen molar-refractivity contribution in [3.8, 4) is 0 Å². The van der Waals surface area contributed by atoms with Crippen molar-refractivity contribution in [2.45, 2.75) is 148 Å². The van der Waals surface area contributed by atoms with Gasteiger partial charge in [-0.3, -0.25) is 9.36 Å². The van der Waals surface area contributed by atoms with Crippen molar-refractivity contribution in [2.75, 3.05) is 40.9 Å². The second-order valence-electron chi connectivity index (χ2n) is 16.0. The van der Waals surface area contributed by atoms with Gasteiger partial charge in [0.15, 0.2) is 0 Å². The highest BCUT2D eigenvalue weighted by Gasteiger charge is 2.23. The standard InChI is InChI=1S/C52H85N2O6P/c1-6-8-10-12-14-16-18-19-20-21-22-23-24-25-26-27-28-29-30-31-32-33-34-35-36-38-40-42-44-46-52(56)53-50(49-60-61(57,58)59-48-47-54(3,4)5)51(55)45-43-41-39-37-17-15-13-11-9-7-2/h8,10,14,16-17,19-20,22-23,25-26,28-29,31-32,34-35,37-38,40,43,45,50-51,55H,6-7,9,11-13,15,18,21,24,27,30,33,36,39,41-42,44,46-49H2,1-5H3,(H-,53,56,57,58)/b10-8-,16-14-,20-19-,23-22-,26-25-,29-28-,32-31-,35-34-,37-17+,40-38-,45-43+. The smallest absolute Gasteiger partial charge is 0.268 e. The molecule has 0 bridgehead atoms. The van der Waals surface area contributed by atoms with Gasteiger partial charge in [-0.15, -0.1) is 0 Å². The van der Waals surface area contributed by atoms with Gasteiger partial charge in [0.2, 0.25) is 5.91 Å². The lowest BCUT2D eigenvalue weighted by atomic mass is 10.1. The molecule has 0 aliphatic carbocycles. The van der Waals surface area contributed by atoms with Gasteiger partial charge in [-0.1, -0.05) is 167 Å². The summed E-state index contributed by atoms with van der Waals surface area (Å²) in [6.07, 6.45) is 63.8. The van der Waals surface area contributed by atoms with Crippen LogP contribution in [-0.2, 0) is 18.4 Å². The van der Waals surface area contributed by atoms with Gasteiger partial charge in [0.25, 0.3) is 7.82 Å². The number of hydrogen-bond acceptors (Lipinski definition) is 6. The fourth-order valence-electron chi connectivity index (χ4n) is 5.46. The van der Waals surface area contributed by atoms with Gasteiger partial charge in [0, 0.05) is 6.42 Å². The molecule has 0 spiro atoms. The highest BCUT2D eigenvalue weighted by atomic mass is 31.2. The van der Waals surface area contributed by atoms with Gasteiger partial charge in [0.1, 0.15) is 13.2 Å². The summed E-state index contributed by atoms with van der Waals surface area (Å²) in [6.45, 7) is 4.38. The third-order valence-corrected chi connectivity index (χ3v) is 10.1. The Morgan fingerprint density at radius 3 is 1.49 bits per heavy atom. The minimum absolute atomic E-state index is 0.0258. The molecule has 61 heavy (non-hydrogen) atoms. The second kappa shape index (κ2) is 42.0. The normalized spacial score (nSPS) is 15.5. The predicted molar refractivity (Wildman–Crippen MR) is 260 cm³/mol. The van der Waals surface area contributed by atoms with E-state index < -0.39 is 26.6 Å². The van der Waals surface area contributed by atoms with Crippen LogP contribution in [0.3, 0.4) is 0 Å². The number of phosphoric ester groups is 1. The zero-order valence-electron chi connectivity index (χ0n) is 38.8. The van der Waals surface area contributed by atoms with Crippen LogP contribution in [0, 0.1) is 0 Å². The number of carbonyl (C=O) groups is 1. The number of hydrogen-bond donors (Lipinski definition) is 2. The molecule has 0 aromatic heterocycles. The molecule has 0 saturated heterocycles. The second-order valence-corrected chi connectivity index (χ2v) is 17.4. The van der Waals surface area contributed by atoms with Crippen molar-refractivity contribution in [3.63, 3.8) is 0 Å². The van der Waals surface area contributed by atoms with Crippen molar-refractivity contribution in [1.29, 1.82) is 0 Å². The molecular formula is C52H85N2O6P. The Bertz CT molecular complexity index is 1440. The first-order valence-corrected chi connectivity index (χ1v) is 24.5. The van der Waals surface area contributed by atoms with E-state index in [1.54, 1.807) is 6.08 Å². The molecule has 9 heteroatoms. The number of carbonyl (C=O) groups excluding carboxylic acids is 1. The number of nitrogens with zero attached hydrogens (tertiary/aromatic N) is 1. The quantitative estimate of drug-likeness (QED) is 0.0276. The topological polar surface area (TPSA) is 108 Å². The van der Waals surface area contributed by atoms with Crippen molar-refractivity contribution in [2.24, 2.45) is 0 Å². The summed E-state index contributed by atoms with van der Waals surface area (Å²) in [5.74, 6) is -0.275. The monoisotopic (exact) mass is 865 g/mol. The van der Waals surface area contributed by atoms with Crippen LogP contribution in [0.5, 0.6) is 0 Å². The number of unbranched alkanes of at least 4 members (excludes halogenated alkanes) is 6. The highest BCUT2D eigenvalue weighted by Crippen LogP contribution is 2.38. The van der Waals surface area contributed by atoms with Crippen molar-refractivity contribution in [1.82, 2.24) is 5.32 Å². The summed E-state index contributed by atoms with van der Waals surface area (Å²) < 4.78 is 23.1. The number of aliphatic hydroxyl groups is 1. The van der Waals surface area contributed by atoms with Crippen molar-refractivity contribution in [3.05, 3.63) is 134 Å². The molecule has 0 heterocycles. The van der Waals surface area contributed by atoms with Gasteiger partial charge in [-0.25, -0.2) is 0 Å². The minimum atomic E-state index is -4.62. The van der Waals surface area contributed by atoms with E-state index >= 15 is 0 Å². The maximum absolute atomic E-state index is 12.8. The molecule has 0 aromatic rings. The lowest BCUT2D eigenvalue weighted by molar-refractivity contribution is -0.870. The van der Waals surface area contributed by atoms with Gasteiger partial charge in [0.05, 0.1) is 39.9 Å². The number of nitrogens with one attached hydrogen (secondary N) is 1. The highest BCUT2D eigenvalue weighted by molar-refractivity contribution is 7.45. The Morgan fingerprint density at radius 2 is 1.02 bits per heavy atom. The molecule has 3 unspecified atom stereocenters. The van der Waals surface area contributed by atoms with E-state index in [9.17, 15) is 19.4 Å². The fourth-order valence-corrected chi connectivity index (χ4v) is 6.18. The maximum Gasteiger partial charge on any atom is 0.268 e. The summed E-state index contributed by atoms with van der Waals surface area (Å²) in [5, 5.41) is 13.6. The fraction of sp³-hybridized carbons (Fsp3) is 0.558. The Labute approximate surface area is 373 Å².